The van der Waals surface area contributed by atoms with Crippen LogP contribution in [0.3, 0.4) is 0 Å². The largest absolute Gasteiger partial charge is 0.496 e. The molecule has 3 rings (SSSR count). The van der Waals surface area contributed by atoms with Crippen LogP contribution in [-0.4, -0.2) is 7.11 Å². The van der Waals surface area contributed by atoms with Gasteiger partial charge in [-0.05, 0) is 12.1 Å². The van der Waals surface area contributed by atoms with E-state index in [0.717, 1.165) is 11.5 Å². The van der Waals surface area contributed by atoms with Gasteiger partial charge in [-0.25, -0.2) is 0 Å². The fourth-order valence-electron chi connectivity index (χ4n) is 1.10. The summed E-state index contributed by atoms with van der Waals surface area (Å²) in [5.41, 5.74) is 1.31. The number of benzene rings is 1. The van der Waals surface area contributed by atoms with Crippen molar-refractivity contribution < 1.29 is 4.74 Å². The van der Waals surface area contributed by atoms with Crippen molar-refractivity contribution in [2.45, 2.75) is 10.6 Å². The van der Waals surface area contributed by atoms with Gasteiger partial charge in [0, 0.05) is 16.2 Å². The van der Waals surface area contributed by atoms with Crippen LogP contribution in [0.1, 0.15) is 5.56 Å². The van der Waals surface area contributed by atoms with Gasteiger partial charge in [-0.2, -0.15) is 0 Å². The Balaban J connectivity index is 2.55. The van der Waals surface area contributed by atoms with Crippen molar-refractivity contribution in [3.63, 3.8) is 0 Å². The molecule has 0 aliphatic carbocycles. The number of hydrogen-bond donors (Lipinski definition) is 0. The number of ether oxygens (including phenoxy) is 1. The van der Waals surface area contributed by atoms with Gasteiger partial charge in [0.15, 0.2) is 0 Å². The maximum atomic E-state index is 5.16. The van der Waals surface area contributed by atoms with E-state index in [9.17, 15) is 0 Å². The second-order valence-electron chi connectivity index (χ2n) is 2.26. The average molecular weight is 152 g/mol. The smallest absolute Gasteiger partial charge is 0.124 e. The first-order chi connectivity index (χ1) is 4.90. The van der Waals surface area contributed by atoms with E-state index in [1.807, 2.05) is 11.8 Å². The van der Waals surface area contributed by atoms with Crippen LogP contribution < -0.4 is 4.74 Å². The highest BCUT2D eigenvalue weighted by Crippen LogP contribution is 2.36. The highest BCUT2D eigenvalue weighted by molar-refractivity contribution is 7.98. The first kappa shape index (κ1) is 6.10. The number of rotatable bonds is 1. The summed E-state index contributed by atoms with van der Waals surface area (Å²) in [5, 5.41) is 0. The van der Waals surface area contributed by atoms with Crippen LogP contribution in [0.25, 0.3) is 0 Å². The van der Waals surface area contributed by atoms with Gasteiger partial charge in [0.1, 0.15) is 5.75 Å². The van der Waals surface area contributed by atoms with Crippen molar-refractivity contribution in [2.24, 2.45) is 0 Å². The van der Waals surface area contributed by atoms with E-state index in [0.29, 0.717) is 0 Å². The molecule has 0 unspecified atom stereocenters. The summed E-state index contributed by atoms with van der Waals surface area (Å²) < 4.78 is 5.16. The molecule has 2 heteroatoms. The summed E-state index contributed by atoms with van der Waals surface area (Å²) in [7, 11) is 1.72. The molecular formula is C8H8OS. The monoisotopic (exact) mass is 152 g/mol. The van der Waals surface area contributed by atoms with Crippen LogP contribution in [-0.2, 0) is 5.75 Å². The third-order valence-corrected chi connectivity index (χ3v) is 2.70. The summed E-state index contributed by atoms with van der Waals surface area (Å²) in [5.74, 6) is 2.11. The Labute approximate surface area is 64.4 Å². The minimum absolute atomic E-state index is 1.04. The third-order valence-electron chi connectivity index (χ3n) is 1.65. The summed E-state index contributed by atoms with van der Waals surface area (Å²) >= 11 is 1.87. The van der Waals surface area contributed by atoms with Gasteiger partial charge in [-0.15, -0.1) is 11.8 Å². The zero-order chi connectivity index (χ0) is 6.97. The summed E-state index contributed by atoms with van der Waals surface area (Å²) in [6.07, 6.45) is 0. The van der Waals surface area contributed by atoms with Crippen LogP contribution in [0.15, 0.2) is 23.1 Å². The standard InChI is InChI=1S/C8H8OS/c1-9-8-4-7-3-2-6(8)5-10-7/h2-4H,5H2,1H3. The normalized spacial score (nSPS) is 13.7. The highest BCUT2D eigenvalue weighted by atomic mass is 32.2. The number of hydrogen-bond acceptors (Lipinski definition) is 2. The van der Waals surface area contributed by atoms with Crippen molar-refractivity contribution in [3.8, 4) is 5.75 Å². The lowest BCUT2D eigenvalue weighted by Gasteiger charge is -2.15. The van der Waals surface area contributed by atoms with Crippen molar-refractivity contribution in [1.29, 1.82) is 0 Å². The third kappa shape index (κ3) is 0.797. The first-order valence-electron chi connectivity index (χ1n) is 3.20. The summed E-state index contributed by atoms with van der Waals surface area (Å²) in [6, 6.07) is 6.35. The Morgan fingerprint density at radius 3 is 2.70 bits per heavy atom. The molecule has 0 atom stereocenters. The quantitative estimate of drug-likeness (QED) is 0.610. The minimum atomic E-state index is 1.04. The average Bonchev–Trinajstić information content (AvgIpc) is 2.06. The van der Waals surface area contributed by atoms with Crippen LogP contribution >= 0.6 is 11.8 Å². The van der Waals surface area contributed by atoms with Gasteiger partial charge in [-0.1, -0.05) is 6.07 Å². The molecule has 10 heavy (non-hydrogen) atoms. The lowest BCUT2D eigenvalue weighted by atomic mass is 10.2. The second-order valence-corrected chi connectivity index (χ2v) is 3.31. The Morgan fingerprint density at radius 2 is 2.40 bits per heavy atom. The fourth-order valence-corrected chi connectivity index (χ4v) is 2.01. The number of fused-ring (bicyclic) bond motifs is 3. The van der Waals surface area contributed by atoms with Gasteiger partial charge >= 0.3 is 0 Å². The predicted octanol–water partition coefficient (Wildman–Crippen LogP) is 2.30. The molecule has 52 valence electrons. The van der Waals surface area contributed by atoms with E-state index in [1.165, 1.54) is 10.5 Å². The Morgan fingerprint density at radius 1 is 1.50 bits per heavy atom. The van der Waals surface area contributed by atoms with E-state index >= 15 is 0 Å². The SMILES string of the molecule is COc1cc2ccc1CS2. The van der Waals surface area contributed by atoms with Crippen LogP contribution in [0, 0.1) is 0 Å². The Bertz CT molecular complexity index is 257. The molecule has 0 spiro atoms. The van der Waals surface area contributed by atoms with E-state index in [-0.39, 0.29) is 0 Å². The molecule has 0 aromatic heterocycles. The maximum absolute atomic E-state index is 5.16. The van der Waals surface area contributed by atoms with E-state index in [4.69, 9.17) is 4.74 Å². The van der Waals surface area contributed by atoms with E-state index in [2.05, 4.69) is 18.2 Å². The Hall–Kier alpha value is -0.630. The summed E-state index contributed by atoms with van der Waals surface area (Å²) in [6.45, 7) is 0. The second kappa shape index (κ2) is 2.20. The van der Waals surface area contributed by atoms with Crippen molar-refractivity contribution in [1.82, 2.24) is 0 Å². The van der Waals surface area contributed by atoms with Crippen molar-refractivity contribution in [3.05, 3.63) is 23.8 Å². The number of methoxy groups -OCH3 is 1. The number of thioether (sulfide) groups is 1. The molecule has 1 aromatic carbocycles. The molecule has 0 amide bonds. The summed E-state index contributed by atoms with van der Waals surface area (Å²) in [4.78, 5) is 1.31. The first-order valence-corrected chi connectivity index (χ1v) is 4.18. The fraction of sp³-hybridized carbons (Fsp3) is 0.250. The van der Waals surface area contributed by atoms with Crippen molar-refractivity contribution >= 4 is 11.8 Å². The molecule has 2 aliphatic rings. The minimum Gasteiger partial charge on any atom is -0.496 e. The molecule has 2 bridgehead atoms. The topological polar surface area (TPSA) is 9.23 Å². The molecule has 0 N–H and O–H groups in total. The van der Waals surface area contributed by atoms with Crippen LogP contribution in [0.4, 0.5) is 0 Å². The van der Waals surface area contributed by atoms with Crippen LogP contribution in [0.5, 0.6) is 5.75 Å². The zero-order valence-electron chi connectivity index (χ0n) is 5.76. The molecule has 0 saturated carbocycles. The van der Waals surface area contributed by atoms with Gasteiger partial charge in [0.05, 0.1) is 7.11 Å². The lowest BCUT2D eigenvalue weighted by molar-refractivity contribution is 0.409. The molecular weight excluding hydrogens is 144 g/mol. The molecule has 2 heterocycles. The molecule has 0 radical (unpaired) electrons. The van der Waals surface area contributed by atoms with Gasteiger partial charge < -0.3 is 4.74 Å². The van der Waals surface area contributed by atoms with Gasteiger partial charge in [0.25, 0.3) is 0 Å². The lowest BCUT2D eigenvalue weighted by Crippen LogP contribution is -1.95. The van der Waals surface area contributed by atoms with Gasteiger partial charge in [-0.3, -0.25) is 0 Å². The molecule has 0 saturated heterocycles. The van der Waals surface area contributed by atoms with E-state index in [1.54, 1.807) is 7.11 Å². The molecule has 1 nitrogen and oxygen atoms in total. The predicted molar refractivity (Wildman–Crippen MR) is 42.6 cm³/mol. The van der Waals surface area contributed by atoms with Crippen molar-refractivity contribution in [2.75, 3.05) is 7.11 Å². The molecule has 2 aliphatic heterocycles. The Kier molecular flexibility index (Phi) is 1.34. The van der Waals surface area contributed by atoms with E-state index < -0.39 is 0 Å². The maximum Gasteiger partial charge on any atom is 0.124 e. The van der Waals surface area contributed by atoms with Crippen LogP contribution in [0.2, 0.25) is 0 Å². The van der Waals surface area contributed by atoms with Gasteiger partial charge in [0.2, 0.25) is 0 Å². The highest BCUT2D eigenvalue weighted by Gasteiger charge is 2.10. The molecule has 0 fully saturated rings. The molecule has 1 aromatic rings. The zero-order valence-corrected chi connectivity index (χ0v) is 6.57.